The number of hydrogen-bond donors (Lipinski definition) is 1. The first-order valence-electron chi connectivity index (χ1n) is 10.9. The van der Waals surface area contributed by atoms with Crippen LogP contribution in [0.15, 0.2) is 54.6 Å². The normalized spacial score (nSPS) is 12.9. The monoisotopic (exact) mass is 657 g/mol. The smallest absolute Gasteiger partial charge is 0.146 e. The average Bonchev–Trinajstić information content (AvgIpc) is 2.82. The van der Waals surface area contributed by atoms with Gasteiger partial charge in [0.25, 0.3) is 0 Å². The van der Waals surface area contributed by atoms with E-state index < -0.39 is 0 Å². The van der Waals surface area contributed by atoms with E-state index in [1.807, 2.05) is 0 Å². The van der Waals surface area contributed by atoms with E-state index in [9.17, 15) is 5.26 Å². The minimum atomic E-state index is 0.328. The summed E-state index contributed by atoms with van der Waals surface area (Å²) in [6.45, 7) is 0.494. The van der Waals surface area contributed by atoms with Crippen molar-refractivity contribution in [2.45, 2.75) is 32.3 Å². The van der Waals surface area contributed by atoms with Crippen molar-refractivity contribution in [3.05, 3.63) is 84.1 Å². The second-order valence-electron chi connectivity index (χ2n) is 8.19. The van der Waals surface area contributed by atoms with Gasteiger partial charge in [-0.25, -0.2) is 4.98 Å². The van der Waals surface area contributed by atoms with Gasteiger partial charge in [-0.15, -0.1) is 0 Å². The topological polar surface area (TPSA) is 71.9 Å². The number of nitrogen functional groups attached to an aromatic ring is 1. The van der Waals surface area contributed by atoms with Crippen molar-refractivity contribution in [3.8, 4) is 22.9 Å². The number of halogens is 2. The summed E-state index contributed by atoms with van der Waals surface area (Å²) in [5, 5.41) is 12.3. The molecule has 1 aliphatic carbocycles. The van der Waals surface area contributed by atoms with E-state index in [4.69, 9.17) is 10.5 Å². The Bertz CT molecular complexity index is 1400. The fraction of sp³-hybridized carbons (Fsp3) is 0.185. The zero-order valence-corrected chi connectivity index (χ0v) is 22.2. The molecule has 4 nitrogen and oxygen atoms in total. The van der Waals surface area contributed by atoms with E-state index in [1.165, 1.54) is 16.3 Å². The third kappa shape index (κ3) is 4.28. The quantitative estimate of drug-likeness (QED) is 0.240. The van der Waals surface area contributed by atoms with Crippen LogP contribution < -0.4 is 10.5 Å². The predicted molar refractivity (Wildman–Crippen MR) is 149 cm³/mol. The molecule has 0 fully saturated rings. The van der Waals surface area contributed by atoms with Crippen molar-refractivity contribution in [2.75, 3.05) is 5.73 Å². The highest BCUT2D eigenvalue weighted by Gasteiger charge is 2.23. The van der Waals surface area contributed by atoms with Crippen LogP contribution >= 0.6 is 45.2 Å². The molecule has 1 aromatic heterocycles. The molecule has 0 atom stereocenters. The van der Waals surface area contributed by atoms with Crippen LogP contribution in [-0.4, -0.2) is 4.98 Å². The number of nitrogens with zero attached hydrogens (tertiary/aromatic N) is 2. The first kappa shape index (κ1) is 22.4. The minimum absolute atomic E-state index is 0.328. The Kier molecular flexibility index (Phi) is 6.43. The van der Waals surface area contributed by atoms with Gasteiger partial charge in [-0.3, -0.25) is 0 Å². The molecule has 0 radical (unpaired) electrons. The third-order valence-electron chi connectivity index (χ3n) is 6.15. The lowest BCUT2D eigenvalue weighted by molar-refractivity contribution is 0.303. The van der Waals surface area contributed by atoms with Crippen LogP contribution in [0.25, 0.3) is 21.9 Å². The number of anilines is 1. The zero-order valence-electron chi connectivity index (χ0n) is 17.9. The first-order chi connectivity index (χ1) is 16.1. The highest BCUT2D eigenvalue weighted by molar-refractivity contribution is 14.1. The fourth-order valence-electron chi connectivity index (χ4n) is 4.60. The van der Waals surface area contributed by atoms with Gasteiger partial charge in [-0.1, -0.05) is 42.5 Å². The summed E-state index contributed by atoms with van der Waals surface area (Å²) in [6, 6.07) is 21.2. The lowest BCUT2D eigenvalue weighted by Crippen LogP contribution is -2.12. The van der Waals surface area contributed by atoms with E-state index in [1.54, 1.807) is 0 Å². The van der Waals surface area contributed by atoms with Crippen molar-refractivity contribution in [3.63, 3.8) is 0 Å². The summed E-state index contributed by atoms with van der Waals surface area (Å²) in [7, 11) is 0. The maximum Gasteiger partial charge on any atom is 0.146 e. The summed E-state index contributed by atoms with van der Waals surface area (Å²) in [5.41, 5.74) is 12.0. The summed E-state index contributed by atoms with van der Waals surface area (Å²) < 4.78 is 8.35. The van der Waals surface area contributed by atoms with Crippen LogP contribution in [-0.2, 0) is 19.4 Å². The van der Waals surface area contributed by atoms with Crippen molar-refractivity contribution in [2.24, 2.45) is 0 Å². The molecule has 5 rings (SSSR count). The number of hydrogen-bond acceptors (Lipinski definition) is 4. The summed E-state index contributed by atoms with van der Waals surface area (Å²) in [5.74, 6) is 1.19. The maximum absolute atomic E-state index is 9.85. The Balaban J connectivity index is 1.53. The summed E-state index contributed by atoms with van der Waals surface area (Å²) >= 11 is 4.66. The number of rotatable bonds is 4. The number of nitrogens with two attached hydrogens (primary N) is 1. The molecule has 33 heavy (non-hydrogen) atoms. The Morgan fingerprint density at radius 3 is 2.52 bits per heavy atom. The van der Waals surface area contributed by atoms with Crippen LogP contribution in [0.1, 0.15) is 35.2 Å². The van der Waals surface area contributed by atoms with Crippen LogP contribution in [0.3, 0.4) is 0 Å². The molecule has 164 valence electrons. The molecule has 2 N–H and O–H groups in total. The molecule has 0 aliphatic heterocycles. The number of ether oxygens (including phenoxy) is 1. The molecule has 0 saturated carbocycles. The number of fused-ring (bicyclic) bond motifs is 2. The Labute approximate surface area is 220 Å². The molecule has 0 saturated heterocycles. The standard InChI is InChI=1S/C27H21I2N3O/c28-22-12-18(25-20-10-3-4-11-24(20)32-27(31)21(25)14-30)13-23(29)26(22)33-15-17-8-5-7-16-6-1-2-9-19(16)17/h1-2,5-9,12-13H,3-4,10-11,15H2,(H2,31,32). The number of aromatic nitrogens is 1. The Morgan fingerprint density at radius 2 is 1.73 bits per heavy atom. The second kappa shape index (κ2) is 9.47. The number of pyridine rings is 1. The first-order valence-corrected chi connectivity index (χ1v) is 13.0. The van der Waals surface area contributed by atoms with Crippen molar-refractivity contribution in [1.29, 1.82) is 5.26 Å². The molecule has 0 bridgehead atoms. The highest BCUT2D eigenvalue weighted by atomic mass is 127. The largest absolute Gasteiger partial charge is 0.487 e. The van der Waals surface area contributed by atoms with Crippen LogP contribution in [0.4, 0.5) is 5.82 Å². The van der Waals surface area contributed by atoms with Gasteiger partial charge in [0, 0.05) is 11.3 Å². The predicted octanol–water partition coefficient (Wildman–Crippen LogP) is 7.02. The Hall–Kier alpha value is -2.38. The molecule has 0 amide bonds. The SMILES string of the molecule is N#Cc1c(N)nc2c(c1-c1cc(I)c(OCc3cccc4ccccc34)c(I)c1)CCCC2. The third-order valence-corrected chi connectivity index (χ3v) is 7.76. The molecule has 4 aromatic rings. The van der Waals surface area contributed by atoms with Gasteiger partial charge in [0.1, 0.15) is 29.8 Å². The van der Waals surface area contributed by atoms with Crippen LogP contribution in [0.5, 0.6) is 5.75 Å². The van der Waals surface area contributed by atoms with Gasteiger partial charge in [0.2, 0.25) is 0 Å². The van der Waals surface area contributed by atoms with Crippen LogP contribution in [0.2, 0.25) is 0 Å². The molecular formula is C27H21I2N3O. The minimum Gasteiger partial charge on any atom is -0.487 e. The van der Waals surface area contributed by atoms with E-state index in [0.29, 0.717) is 18.0 Å². The Morgan fingerprint density at radius 1 is 1.00 bits per heavy atom. The summed E-state index contributed by atoms with van der Waals surface area (Å²) in [6.07, 6.45) is 4.06. The van der Waals surface area contributed by atoms with E-state index in [0.717, 1.165) is 61.0 Å². The van der Waals surface area contributed by atoms with Gasteiger partial charge in [0.15, 0.2) is 0 Å². The molecule has 6 heteroatoms. The zero-order chi connectivity index (χ0) is 22.9. The van der Waals surface area contributed by atoms with Gasteiger partial charge in [0.05, 0.1) is 7.14 Å². The number of benzene rings is 3. The van der Waals surface area contributed by atoms with Crippen LogP contribution in [0, 0.1) is 18.5 Å². The maximum atomic E-state index is 9.85. The van der Waals surface area contributed by atoms with Crippen molar-refractivity contribution in [1.82, 2.24) is 4.98 Å². The fourth-order valence-corrected chi connectivity index (χ4v) is 6.68. The van der Waals surface area contributed by atoms with Gasteiger partial charge < -0.3 is 10.5 Å². The number of nitriles is 1. The average molecular weight is 657 g/mol. The van der Waals surface area contributed by atoms with Gasteiger partial charge in [-0.2, -0.15) is 5.26 Å². The van der Waals surface area contributed by atoms with Gasteiger partial charge in [-0.05, 0) is 110 Å². The van der Waals surface area contributed by atoms with E-state index >= 15 is 0 Å². The number of aryl methyl sites for hydroxylation is 1. The molecule has 1 heterocycles. The molecule has 0 unspecified atom stereocenters. The molecule has 3 aromatic carbocycles. The summed E-state index contributed by atoms with van der Waals surface area (Å²) in [4.78, 5) is 4.55. The molecule has 1 aliphatic rings. The lowest BCUT2D eigenvalue weighted by Gasteiger charge is -2.22. The molecular weight excluding hydrogens is 636 g/mol. The lowest BCUT2D eigenvalue weighted by atomic mass is 9.86. The second-order valence-corrected chi connectivity index (χ2v) is 10.5. The van der Waals surface area contributed by atoms with Gasteiger partial charge >= 0.3 is 0 Å². The highest BCUT2D eigenvalue weighted by Crippen LogP contribution is 2.40. The van der Waals surface area contributed by atoms with Crippen molar-refractivity contribution < 1.29 is 4.74 Å². The van der Waals surface area contributed by atoms with E-state index in [-0.39, 0.29) is 0 Å². The molecule has 0 spiro atoms. The van der Waals surface area contributed by atoms with E-state index in [2.05, 4.69) is 111 Å². The van der Waals surface area contributed by atoms with Crippen molar-refractivity contribution >= 4 is 61.8 Å².